The third-order valence-corrected chi connectivity index (χ3v) is 3.16. The zero-order chi connectivity index (χ0) is 12.3. The third-order valence-electron chi connectivity index (χ3n) is 3.16. The van der Waals surface area contributed by atoms with Crippen molar-refractivity contribution in [2.75, 3.05) is 32.8 Å². The number of Topliss-reactive ketones (excluding diaryl/α,β-unsaturated/α-hetero) is 1. The first-order valence-corrected chi connectivity index (χ1v) is 6.07. The van der Waals surface area contributed by atoms with Crippen LogP contribution >= 0.6 is 0 Å². The number of morpholine rings is 1. The normalized spacial score (nSPS) is 17.1. The summed E-state index contributed by atoms with van der Waals surface area (Å²) in [6, 6.07) is 6.04. The van der Waals surface area contributed by atoms with Crippen LogP contribution in [0.25, 0.3) is 0 Å². The standard InChI is InChI=1S/C14H19NO2/c1-11-3-4-12(2)13(9-11)14(16)10-15-5-7-17-8-6-15/h3-4,9H,5-8,10H2,1-2H3. The minimum Gasteiger partial charge on any atom is -0.379 e. The number of nitrogens with zero attached hydrogens (tertiary/aromatic N) is 1. The molecule has 3 nitrogen and oxygen atoms in total. The van der Waals surface area contributed by atoms with Crippen LogP contribution in [-0.2, 0) is 4.74 Å². The number of ether oxygens (including phenoxy) is 1. The first-order valence-electron chi connectivity index (χ1n) is 6.07. The van der Waals surface area contributed by atoms with Crippen LogP contribution in [0.15, 0.2) is 18.2 Å². The van der Waals surface area contributed by atoms with Crippen LogP contribution in [0.4, 0.5) is 0 Å². The molecule has 2 rings (SSSR count). The Hall–Kier alpha value is -1.19. The van der Waals surface area contributed by atoms with E-state index < -0.39 is 0 Å². The molecular weight excluding hydrogens is 214 g/mol. The Morgan fingerprint density at radius 3 is 2.71 bits per heavy atom. The molecule has 0 bridgehead atoms. The van der Waals surface area contributed by atoms with Crippen molar-refractivity contribution in [3.63, 3.8) is 0 Å². The smallest absolute Gasteiger partial charge is 0.177 e. The Balaban J connectivity index is 2.05. The van der Waals surface area contributed by atoms with Crippen LogP contribution in [0.5, 0.6) is 0 Å². The van der Waals surface area contributed by atoms with Gasteiger partial charge in [0, 0.05) is 18.7 Å². The summed E-state index contributed by atoms with van der Waals surface area (Å²) in [5.74, 6) is 0.216. The average Bonchev–Trinajstić information content (AvgIpc) is 2.33. The van der Waals surface area contributed by atoms with Gasteiger partial charge in [-0.05, 0) is 25.5 Å². The molecule has 0 atom stereocenters. The van der Waals surface area contributed by atoms with E-state index in [1.165, 1.54) is 0 Å². The molecule has 1 fully saturated rings. The van der Waals surface area contributed by atoms with Gasteiger partial charge in [0.15, 0.2) is 5.78 Å². The molecule has 92 valence electrons. The van der Waals surface area contributed by atoms with Gasteiger partial charge in [0.25, 0.3) is 0 Å². The molecule has 0 aromatic heterocycles. The minimum atomic E-state index is 0.216. The lowest BCUT2D eigenvalue weighted by Crippen LogP contribution is -2.39. The van der Waals surface area contributed by atoms with Gasteiger partial charge in [0.1, 0.15) is 0 Å². The van der Waals surface area contributed by atoms with Crippen molar-refractivity contribution in [2.45, 2.75) is 13.8 Å². The van der Waals surface area contributed by atoms with E-state index in [0.717, 1.165) is 43.0 Å². The van der Waals surface area contributed by atoms with Crippen molar-refractivity contribution >= 4 is 5.78 Å². The zero-order valence-corrected chi connectivity index (χ0v) is 10.5. The first kappa shape index (κ1) is 12.3. The number of hydrogen-bond acceptors (Lipinski definition) is 3. The number of rotatable bonds is 3. The lowest BCUT2D eigenvalue weighted by Gasteiger charge is -2.26. The SMILES string of the molecule is Cc1ccc(C)c(C(=O)CN2CCOCC2)c1. The second kappa shape index (κ2) is 5.43. The molecule has 1 aromatic rings. The molecule has 0 aliphatic carbocycles. The van der Waals surface area contributed by atoms with Crippen LogP contribution in [0.1, 0.15) is 21.5 Å². The Bertz CT molecular complexity index is 409. The molecule has 0 unspecified atom stereocenters. The number of aryl methyl sites for hydroxylation is 2. The largest absolute Gasteiger partial charge is 0.379 e. The third kappa shape index (κ3) is 3.14. The highest BCUT2D eigenvalue weighted by Crippen LogP contribution is 2.12. The fourth-order valence-electron chi connectivity index (χ4n) is 2.08. The lowest BCUT2D eigenvalue weighted by atomic mass is 10.0. The summed E-state index contributed by atoms with van der Waals surface area (Å²) >= 11 is 0. The molecule has 1 aliphatic rings. The maximum atomic E-state index is 12.2. The summed E-state index contributed by atoms with van der Waals surface area (Å²) in [5.41, 5.74) is 3.06. The van der Waals surface area contributed by atoms with Crippen molar-refractivity contribution in [3.8, 4) is 0 Å². The summed E-state index contributed by atoms with van der Waals surface area (Å²) in [5, 5.41) is 0. The van der Waals surface area contributed by atoms with Crippen LogP contribution < -0.4 is 0 Å². The van der Waals surface area contributed by atoms with Gasteiger partial charge in [-0.3, -0.25) is 9.69 Å². The lowest BCUT2D eigenvalue weighted by molar-refractivity contribution is 0.0371. The van der Waals surface area contributed by atoms with Gasteiger partial charge in [-0.1, -0.05) is 17.7 Å². The van der Waals surface area contributed by atoms with Gasteiger partial charge in [0.05, 0.1) is 19.8 Å². The van der Waals surface area contributed by atoms with E-state index >= 15 is 0 Å². The Morgan fingerprint density at radius 2 is 2.00 bits per heavy atom. The first-order chi connectivity index (χ1) is 8.16. The van der Waals surface area contributed by atoms with E-state index in [1.807, 2.05) is 32.0 Å². The number of hydrogen-bond donors (Lipinski definition) is 0. The van der Waals surface area contributed by atoms with Crippen molar-refractivity contribution in [1.29, 1.82) is 0 Å². The molecule has 0 N–H and O–H groups in total. The summed E-state index contributed by atoms with van der Waals surface area (Å²) in [4.78, 5) is 14.4. The van der Waals surface area contributed by atoms with E-state index in [-0.39, 0.29) is 5.78 Å². The van der Waals surface area contributed by atoms with Crippen molar-refractivity contribution in [1.82, 2.24) is 4.90 Å². The molecule has 1 aromatic carbocycles. The fraction of sp³-hybridized carbons (Fsp3) is 0.500. The molecule has 0 spiro atoms. The second-order valence-electron chi connectivity index (χ2n) is 4.63. The van der Waals surface area contributed by atoms with E-state index in [4.69, 9.17) is 4.74 Å². The number of carbonyl (C=O) groups is 1. The number of carbonyl (C=O) groups excluding carboxylic acids is 1. The van der Waals surface area contributed by atoms with Crippen LogP contribution in [0, 0.1) is 13.8 Å². The summed E-state index contributed by atoms with van der Waals surface area (Å²) in [6.07, 6.45) is 0. The molecule has 17 heavy (non-hydrogen) atoms. The van der Waals surface area contributed by atoms with E-state index in [0.29, 0.717) is 6.54 Å². The highest BCUT2D eigenvalue weighted by atomic mass is 16.5. The van der Waals surface area contributed by atoms with Crippen molar-refractivity contribution < 1.29 is 9.53 Å². The van der Waals surface area contributed by atoms with Gasteiger partial charge < -0.3 is 4.74 Å². The molecule has 0 amide bonds. The summed E-state index contributed by atoms with van der Waals surface area (Å²) in [7, 11) is 0. The molecule has 1 saturated heterocycles. The molecule has 0 radical (unpaired) electrons. The van der Waals surface area contributed by atoms with Crippen molar-refractivity contribution in [2.24, 2.45) is 0 Å². The van der Waals surface area contributed by atoms with E-state index in [9.17, 15) is 4.79 Å². The van der Waals surface area contributed by atoms with Gasteiger partial charge in [-0.2, -0.15) is 0 Å². The zero-order valence-electron chi connectivity index (χ0n) is 10.5. The van der Waals surface area contributed by atoms with Gasteiger partial charge in [0.2, 0.25) is 0 Å². The molecule has 1 aliphatic heterocycles. The quantitative estimate of drug-likeness (QED) is 0.746. The van der Waals surface area contributed by atoms with Crippen LogP contribution in [0.2, 0.25) is 0 Å². The molecule has 3 heteroatoms. The van der Waals surface area contributed by atoms with Crippen LogP contribution in [-0.4, -0.2) is 43.5 Å². The predicted molar refractivity (Wildman–Crippen MR) is 67.5 cm³/mol. The topological polar surface area (TPSA) is 29.5 Å². The predicted octanol–water partition coefficient (Wildman–Crippen LogP) is 1.82. The maximum Gasteiger partial charge on any atom is 0.177 e. The summed E-state index contributed by atoms with van der Waals surface area (Å²) < 4.78 is 5.28. The summed E-state index contributed by atoms with van der Waals surface area (Å²) in [6.45, 7) is 7.71. The highest BCUT2D eigenvalue weighted by molar-refractivity contribution is 5.99. The van der Waals surface area contributed by atoms with E-state index in [1.54, 1.807) is 0 Å². The van der Waals surface area contributed by atoms with E-state index in [2.05, 4.69) is 4.90 Å². The number of benzene rings is 1. The van der Waals surface area contributed by atoms with Gasteiger partial charge >= 0.3 is 0 Å². The fourth-order valence-corrected chi connectivity index (χ4v) is 2.08. The van der Waals surface area contributed by atoms with Gasteiger partial charge in [-0.15, -0.1) is 0 Å². The van der Waals surface area contributed by atoms with Gasteiger partial charge in [-0.25, -0.2) is 0 Å². The second-order valence-corrected chi connectivity index (χ2v) is 4.63. The maximum absolute atomic E-state index is 12.2. The molecular formula is C14H19NO2. The van der Waals surface area contributed by atoms with Crippen molar-refractivity contribution in [3.05, 3.63) is 34.9 Å². The monoisotopic (exact) mass is 233 g/mol. The van der Waals surface area contributed by atoms with Crippen LogP contribution in [0.3, 0.4) is 0 Å². The Labute approximate surface area is 102 Å². The molecule has 0 saturated carbocycles. The number of ketones is 1. The minimum absolute atomic E-state index is 0.216. The molecule has 1 heterocycles. The Morgan fingerprint density at radius 1 is 1.29 bits per heavy atom. The highest BCUT2D eigenvalue weighted by Gasteiger charge is 2.16. The average molecular weight is 233 g/mol. The Kier molecular flexibility index (Phi) is 3.92.